The fraction of sp³-hybridized carbons (Fsp3) is 0.632. The Labute approximate surface area is 140 Å². The van der Waals surface area contributed by atoms with Crippen LogP contribution in [-0.4, -0.2) is 38.3 Å². The molecule has 1 aromatic carbocycles. The topological polar surface area (TPSA) is 41.6 Å². The van der Waals surface area contributed by atoms with Gasteiger partial charge in [0.25, 0.3) is 0 Å². The van der Waals surface area contributed by atoms with E-state index in [2.05, 4.69) is 26.1 Å². The predicted molar refractivity (Wildman–Crippen MR) is 94.7 cm³/mol. The molecular formula is C19H30N2O2. The lowest BCUT2D eigenvalue weighted by Gasteiger charge is -2.55. The molecule has 4 nitrogen and oxygen atoms in total. The van der Waals surface area contributed by atoms with Gasteiger partial charge in [0.15, 0.2) is 0 Å². The van der Waals surface area contributed by atoms with E-state index in [1.165, 1.54) is 0 Å². The number of nitrogens with one attached hydrogen (secondary N) is 1. The standard InChI is InChI=1S/C19H30N2O2/c1-5-19(6-2)16(13-17(19)23-7-3)20-14-18(22)21(4)15-11-9-8-10-12-15/h8-12,16-17,20H,5-7,13-14H2,1-4H3/t16-,17-/m1/s1. The maximum atomic E-state index is 12.4. The highest BCUT2D eigenvalue weighted by molar-refractivity contribution is 5.94. The first-order chi connectivity index (χ1) is 11.1. The minimum absolute atomic E-state index is 0.0946. The van der Waals surface area contributed by atoms with E-state index >= 15 is 0 Å². The molecule has 0 heterocycles. The SMILES string of the molecule is CCO[C@@H]1C[C@@H](NCC(=O)N(C)c2ccccc2)C1(CC)CC. The second kappa shape index (κ2) is 7.93. The van der Waals surface area contributed by atoms with E-state index < -0.39 is 0 Å². The summed E-state index contributed by atoms with van der Waals surface area (Å²) in [5, 5.41) is 3.48. The van der Waals surface area contributed by atoms with E-state index in [4.69, 9.17) is 4.74 Å². The molecule has 128 valence electrons. The van der Waals surface area contributed by atoms with Gasteiger partial charge in [-0.15, -0.1) is 0 Å². The average molecular weight is 318 g/mol. The first-order valence-electron chi connectivity index (χ1n) is 8.75. The number of hydrogen-bond acceptors (Lipinski definition) is 3. The second-order valence-corrected chi connectivity index (χ2v) is 6.34. The van der Waals surface area contributed by atoms with Crippen molar-refractivity contribution in [2.24, 2.45) is 5.41 Å². The van der Waals surface area contributed by atoms with Crippen molar-refractivity contribution < 1.29 is 9.53 Å². The maximum absolute atomic E-state index is 12.4. The van der Waals surface area contributed by atoms with Crippen LogP contribution in [0.5, 0.6) is 0 Å². The average Bonchev–Trinajstić information content (AvgIpc) is 2.58. The van der Waals surface area contributed by atoms with Gasteiger partial charge in [0.1, 0.15) is 0 Å². The lowest BCUT2D eigenvalue weighted by molar-refractivity contribution is -0.140. The molecule has 1 N–H and O–H groups in total. The van der Waals surface area contributed by atoms with Crippen LogP contribution in [0.1, 0.15) is 40.0 Å². The van der Waals surface area contributed by atoms with Crippen LogP contribution in [0, 0.1) is 5.41 Å². The van der Waals surface area contributed by atoms with Crippen molar-refractivity contribution in [3.05, 3.63) is 30.3 Å². The lowest BCUT2D eigenvalue weighted by Crippen LogP contribution is -2.64. The smallest absolute Gasteiger partial charge is 0.240 e. The van der Waals surface area contributed by atoms with Gasteiger partial charge in [0.2, 0.25) is 5.91 Å². The summed E-state index contributed by atoms with van der Waals surface area (Å²) >= 11 is 0. The van der Waals surface area contributed by atoms with Gasteiger partial charge in [0, 0.05) is 30.8 Å². The molecule has 0 unspecified atom stereocenters. The molecule has 4 heteroatoms. The summed E-state index contributed by atoms with van der Waals surface area (Å²) in [6.45, 7) is 7.63. The quantitative estimate of drug-likeness (QED) is 0.800. The molecular weight excluding hydrogens is 288 g/mol. The minimum Gasteiger partial charge on any atom is -0.378 e. The van der Waals surface area contributed by atoms with Gasteiger partial charge in [0.05, 0.1) is 12.6 Å². The summed E-state index contributed by atoms with van der Waals surface area (Å²) in [5.41, 5.74) is 1.10. The van der Waals surface area contributed by atoms with Gasteiger partial charge in [-0.25, -0.2) is 0 Å². The zero-order valence-electron chi connectivity index (χ0n) is 14.8. The molecule has 2 atom stereocenters. The van der Waals surface area contributed by atoms with Crippen molar-refractivity contribution in [3.63, 3.8) is 0 Å². The molecule has 0 radical (unpaired) electrons. The summed E-state index contributed by atoms with van der Waals surface area (Å²) in [5.74, 6) is 0.0946. The summed E-state index contributed by atoms with van der Waals surface area (Å²) in [4.78, 5) is 14.1. The number of nitrogens with zero attached hydrogens (tertiary/aromatic N) is 1. The van der Waals surface area contributed by atoms with Gasteiger partial charge in [-0.2, -0.15) is 0 Å². The molecule has 1 saturated carbocycles. The molecule has 0 bridgehead atoms. The number of ether oxygens (including phenoxy) is 1. The molecule has 23 heavy (non-hydrogen) atoms. The Morgan fingerprint density at radius 1 is 1.26 bits per heavy atom. The molecule has 1 fully saturated rings. The fourth-order valence-electron chi connectivity index (χ4n) is 3.79. The Morgan fingerprint density at radius 3 is 2.48 bits per heavy atom. The van der Waals surface area contributed by atoms with E-state index in [9.17, 15) is 4.79 Å². The molecule has 1 amide bonds. The third-order valence-corrected chi connectivity index (χ3v) is 5.49. The van der Waals surface area contributed by atoms with Crippen LogP contribution in [0.25, 0.3) is 0 Å². The summed E-state index contributed by atoms with van der Waals surface area (Å²) in [7, 11) is 1.83. The number of likely N-dealkylation sites (N-methyl/N-ethyl adjacent to an activating group) is 1. The molecule has 0 aromatic heterocycles. The number of rotatable bonds is 8. The number of benzene rings is 1. The van der Waals surface area contributed by atoms with E-state index in [-0.39, 0.29) is 11.3 Å². The lowest BCUT2D eigenvalue weighted by atomic mass is 9.58. The fourth-order valence-corrected chi connectivity index (χ4v) is 3.79. The number of anilines is 1. The highest BCUT2D eigenvalue weighted by Gasteiger charge is 2.53. The van der Waals surface area contributed by atoms with Gasteiger partial charge in [-0.3, -0.25) is 4.79 Å². The third kappa shape index (κ3) is 3.59. The van der Waals surface area contributed by atoms with Crippen LogP contribution >= 0.6 is 0 Å². The summed E-state index contributed by atoms with van der Waals surface area (Å²) < 4.78 is 5.89. The van der Waals surface area contributed by atoms with E-state index in [1.807, 2.05) is 37.4 Å². The molecule has 1 aromatic rings. The van der Waals surface area contributed by atoms with Gasteiger partial charge in [-0.1, -0.05) is 32.0 Å². The normalized spacial score (nSPS) is 22.4. The predicted octanol–water partition coefficient (Wildman–Crippen LogP) is 3.22. The third-order valence-electron chi connectivity index (χ3n) is 5.49. The van der Waals surface area contributed by atoms with E-state index in [0.717, 1.165) is 31.6 Å². The number of para-hydroxylation sites is 1. The minimum atomic E-state index is 0.0946. The Kier molecular flexibility index (Phi) is 6.19. The Morgan fingerprint density at radius 2 is 1.91 bits per heavy atom. The maximum Gasteiger partial charge on any atom is 0.240 e. The Balaban J connectivity index is 1.91. The van der Waals surface area contributed by atoms with Crippen molar-refractivity contribution >= 4 is 11.6 Å². The van der Waals surface area contributed by atoms with Gasteiger partial charge >= 0.3 is 0 Å². The van der Waals surface area contributed by atoms with E-state index in [1.54, 1.807) is 4.90 Å². The zero-order chi connectivity index (χ0) is 16.9. The van der Waals surface area contributed by atoms with Crippen LogP contribution < -0.4 is 10.2 Å². The van der Waals surface area contributed by atoms with Crippen LogP contribution in [0.4, 0.5) is 5.69 Å². The van der Waals surface area contributed by atoms with Crippen LogP contribution in [0.15, 0.2) is 30.3 Å². The second-order valence-electron chi connectivity index (χ2n) is 6.34. The Hall–Kier alpha value is -1.39. The molecule has 0 saturated heterocycles. The number of carbonyl (C=O) groups is 1. The van der Waals surface area contributed by atoms with Crippen molar-refractivity contribution in [2.75, 3.05) is 25.1 Å². The van der Waals surface area contributed by atoms with Crippen LogP contribution in [0.2, 0.25) is 0 Å². The van der Waals surface area contributed by atoms with E-state index in [0.29, 0.717) is 18.7 Å². The molecule has 1 aliphatic carbocycles. The van der Waals surface area contributed by atoms with Gasteiger partial charge < -0.3 is 15.0 Å². The molecule has 1 aliphatic rings. The first kappa shape index (κ1) is 18.0. The van der Waals surface area contributed by atoms with Gasteiger partial charge in [-0.05, 0) is 38.3 Å². The number of hydrogen-bond donors (Lipinski definition) is 1. The van der Waals surface area contributed by atoms with Crippen LogP contribution in [0.3, 0.4) is 0 Å². The zero-order valence-corrected chi connectivity index (χ0v) is 14.8. The first-order valence-corrected chi connectivity index (χ1v) is 8.75. The summed E-state index contributed by atoms with van der Waals surface area (Å²) in [6.07, 6.45) is 3.47. The van der Waals surface area contributed by atoms with Crippen molar-refractivity contribution in [1.29, 1.82) is 0 Å². The highest BCUT2D eigenvalue weighted by Crippen LogP contribution is 2.48. The van der Waals surface area contributed by atoms with Crippen LogP contribution in [-0.2, 0) is 9.53 Å². The highest BCUT2D eigenvalue weighted by atomic mass is 16.5. The molecule has 0 aliphatic heterocycles. The Bertz CT molecular complexity index is 499. The molecule has 2 rings (SSSR count). The molecule has 0 spiro atoms. The van der Waals surface area contributed by atoms with Crippen molar-refractivity contribution in [2.45, 2.75) is 52.2 Å². The largest absolute Gasteiger partial charge is 0.378 e. The number of amides is 1. The van der Waals surface area contributed by atoms with Crippen molar-refractivity contribution in [3.8, 4) is 0 Å². The number of carbonyl (C=O) groups excluding carboxylic acids is 1. The monoisotopic (exact) mass is 318 g/mol. The van der Waals surface area contributed by atoms with Crippen molar-refractivity contribution in [1.82, 2.24) is 5.32 Å². The summed E-state index contributed by atoms with van der Waals surface area (Å²) in [6, 6.07) is 10.1.